The zero-order valence-corrected chi connectivity index (χ0v) is 9.78. The molecule has 4 heteroatoms. The normalized spacial score (nSPS) is 14.2. The molecule has 1 aromatic carbocycles. The summed E-state index contributed by atoms with van der Waals surface area (Å²) in [5.41, 5.74) is -0.0986. The molecule has 0 radical (unpaired) electrons. The summed E-state index contributed by atoms with van der Waals surface area (Å²) in [6.45, 7) is 1.65. The van der Waals surface area contributed by atoms with Crippen molar-refractivity contribution in [2.75, 3.05) is 14.2 Å². The summed E-state index contributed by atoms with van der Waals surface area (Å²) in [6, 6.07) is 7.43. The van der Waals surface area contributed by atoms with Crippen LogP contribution in [0.15, 0.2) is 24.3 Å². The van der Waals surface area contributed by atoms with Crippen molar-refractivity contribution in [1.29, 1.82) is 0 Å². The predicted molar refractivity (Wildman–Crippen MR) is 61.8 cm³/mol. The van der Waals surface area contributed by atoms with Gasteiger partial charge in [0.25, 0.3) is 0 Å². The van der Waals surface area contributed by atoms with E-state index in [1.54, 1.807) is 21.1 Å². The molecule has 1 aromatic rings. The largest absolute Gasteiger partial charge is 0.496 e. The van der Waals surface area contributed by atoms with Gasteiger partial charge in [-0.05, 0) is 25.6 Å². The second kappa shape index (κ2) is 4.99. The number of hydrogen-bond acceptors (Lipinski definition) is 3. The van der Waals surface area contributed by atoms with Gasteiger partial charge in [-0.15, -0.1) is 0 Å². The van der Waals surface area contributed by atoms with Gasteiger partial charge in [0.1, 0.15) is 11.3 Å². The van der Waals surface area contributed by atoms with Crippen molar-refractivity contribution in [3.63, 3.8) is 0 Å². The minimum Gasteiger partial charge on any atom is -0.496 e. The van der Waals surface area contributed by atoms with Crippen LogP contribution in [-0.4, -0.2) is 30.8 Å². The lowest BCUT2D eigenvalue weighted by Gasteiger charge is -2.25. The SMILES string of the molecule is CNC(C)(Cc1ccccc1OC)C(=O)O. The highest BCUT2D eigenvalue weighted by Gasteiger charge is 2.32. The molecular formula is C12H17NO3. The van der Waals surface area contributed by atoms with Gasteiger partial charge in [-0.1, -0.05) is 18.2 Å². The summed E-state index contributed by atoms with van der Waals surface area (Å²) < 4.78 is 5.19. The van der Waals surface area contributed by atoms with Gasteiger partial charge in [-0.25, -0.2) is 0 Å². The van der Waals surface area contributed by atoms with Crippen molar-refractivity contribution < 1.29 is 14.6 Å². The molecule has 2 N–H and O–H groups in total. The number of carbonyl (C=O) groups is 1. The van der Waals surface area contributed by atoms with Crippen molar-refractivity contribution in [2.24, 2.45) is 0 Å². The number of likely N-dealkylation sites (N-methyl/N-ethyl adjacent to an activating group) is 1. The third-order valence-corrected chi connectivity index (χ3v) is 2.76. The van der Waals surface area contributed by atoms with Crippen LogP contribution in [0.1, 0.15) is 12.5 Å². The summed E-state index contributed by atoms with van der Waals surface area (Å²) in [4.78, 5) is 11.2. The Morgan fingerprint density at radius 3 is 2.62 bits per heavy atom. The fraction of sp³-hybridized carbons (Fsp3) is 0.417. The number of methoxy groups -OCH3 is 1. The van der Waals surface area contributed by atoms with E-state index in [4.69, 9.17) is 9.84 Å². The molecule has 0 aliphatic carbocycles. The van der Waals surface area contributed by atoms with Crippen molar-refractivity contribution in [1.82, 2.24) is 5.32 Å². The second-order valence-corrected chi connectivity index (χ2v) is 3.88. The van der Waals surface area contributed by atoms with E-state index in [0.717, 1.165) is 5.56 Å². The number of rotatable bonds is 5. The number of ether oxygens (including phenoxy) is 1. The molecule has 0 spiro atoms. The third kappa shape index (κ3) is 2.52. The summed E-state index contributed by atoms with van der Waals surface area (Å²) in [6.07, 6.45) is 0.378. The molecule has 16 heavy (non-hydrogen) atoms. The molecule has 1 rings (SSSR count). The van der Waals surface area contributed by atoms with Crippen molar-refractivity contribution in [3.8, 4) is 5.75 Å². The molecule has 0 bridgehead atoms. The molecule has 0 aliphatic heterocycles. The van der Waals surface area contributed by atoms with E-state index in [1.165, 1.54) is 0 Å². The lowest BCUT2D eigenvalue weighted by molar-refractivity contribution is -0.143. The average Bonchev–Trinajstić information content (AvgIpc) is 2.29. The number of carboxylic acid groups (broad SMARTS) is 1. The maximum atomic E-state index is 11.2. The number of para-hydroxylation sites is 1. The van der Waals surface area contributed by atoms with E-state index in [-0.39, 0.29) is 0 Å². The van der Waals surface area contributed by atoms with Crippen molar-refractivity contribution in [2.45, 2.75) is 18.9 Å². The molecule has 1 unspecified atom stereocenters. The molecule has 88 valence electrons. The van der Waals surface area contributed by atoms with E-state index < -0.39 is 11.5 Å². The van der Waals surface area contributed by atoms with Gasteiger partial charge >= 0.3 is 5.97 Å². The van der Waals surface area contributed by atoms with Gasteiger partial charge in [0, 0.05) is 6.42 Å². The smallest absolute Gasteiger partial charge is 0.323 e. The van der Waals surface area contributed by atoms with E-state index in [2.05, 4.69) is 5.32 Å². The molecule has 1 atom stereocenters. The Bertz CT molecular complexity index is 378. The number of hydrogen-bond donors (Lipinski definition) is 2. The summed E-state index contributed by atoms with van der Waals surface area (Å²) >= 11 is 0. The Hall–Kier alpha value is -1.55. The zero-order chi connectivity index (χ0) is 12.2. The summed E-state index contributed by atoms with van der Waals surface area (Å²) in [7, 11) is 3.22. The molecular weight excluding hydrogens is 206 g/mol. The molecule has 0 aliphatic rings. The van der Waals surface area contributed by atoms with Crippen LogP contribution in [0.3, 0.4) is 0 Å². The van der Waals surface area contributed by atoms with Crippen molar-refractivity contribution >= 4 is 5.97 Å². The van der Waals surface area contributed by atoms with E-state index >= 15 is 0 Å². The third-order valence-electron chi connectivity index (χ3n) is 2.76. The van der Waals surface area contributed by atoms with Gasteiger partial charge in [-0.2, -0.15) is 0 Å². The Balaban J connectivity index is 2.98. The average molecular weight is 223 g/mol. The monoisotopic (exact) mass is 223 g/mol. The van der Waals surface area contributed by atoms with Crippen LogP contribution in [0, 0.1) is 0 Å². The van der Waals surface area contributed by atoms with Crippen LogP contribution in [0.25, 0.3) is 0 Å². The highest BCUT2D eigenvalue weighted by Crippen LogP contribution is 2.22. The van der Waals surface area contributed by atoms with Crippen molar-refractivity contribution in [3.05, 3.63) is 29.8 Å². The lowest BCUT2D eigenvalue weighted by atomic mass is 9.92. The quantitative estimate of drug-likeness (QED) is 0.790. The summed E-state index contributed by atoms with van der Waals surface area (Å²) in [5.74, 6) is -0.161. The van der Waals surface area contributed by atoms with Gasteiger partial charge in [-0.3, -0.25) is 4.79 Å². The van der Waals surface area contributed by atoms with Crippen LogP contribution in [0.2, 0.25) is 0 Å². The minimum absolute atomic E-state index is 0.378. The van der Waals surface area contributed by atoms with Crippen LogP contribution in [0.5, 0.6) is 5.75 Å². The highest BCUT2D eigenvalue weighted by atomic mass is 16.5. The number of benzene rings is 1. The standard InChI is InChI=1S/C12H17NO3/c1-12(13-2,11(14)15)8-9-6-4-5-7-10(9)16-3/h4-7,13H,8H2,1-3H3,(H,14,15). The predicted octanol–water partition coefficient (Wildman–Crippen LogP) is 1.30. The topological polar surface area (TPSA) is 58.6 Å². The molecule has 4 nitrogen and oxygen atoms in total. The molecule has 0 amide bonds. The molecule has 0 aromatic heterocycles. The van der Waals surface area contributed by atoms with E-state index in [0.29, 0.717) is 12.2 Å². The highest BCUT2D eigenvalue weighted by molar-refractivity contribution is 5.78. The lowest BCUT2D eigenvalue weighted by Crippen LogP contribution is -2.49. The summed E-state index contributed by atoms with van der Waals surface area (Å²) in [5, 5.41) is 12.0. The maximum Gasteiger partial charge on any atom is 0.323 e. The molecule has 0 saturated carbocycles. The number of carboxylic acids is 1. The first kappa shape index (κ1) is 12.5. The van der Waals surface area contributed by atoms with E-state index in [9.17, 15) is 4.79 Å². The van der Waals surface area contributed by atoms with Crippen LogP contribution < -0.4 is 10.1 Å². The Morgan fingerprint density at radius 2 is 2.12 bits per heavy atom. The maximum absolute atomic E-state index is 11.2. The molecule has 0 heterocycles. The fourth-order valence-corrected chi connectivity index (χ4v) is 1.50. The first-order valence-corrected chi connectivity index (χ1v) is 5.07. The Morgan fingerprint density at radius 1 is 1.50 bits per heavy atom. The second-order valence-electron chi connectivity index (χ2n) is 3.88. The number of aliphatic carboxylic acids is 1. The molecule has 0 saturated heterocycles. The first-order chi connectivity index (χ1) is 7.53. The Kier molecular flexibility index (Phi) is 3.90. The van der Waals surface area contributed by atoms with Gasteiger partial charge < -0.3 is 15.2 Å². The first-order valence-electron chi connectivity index (χ1n) is 5.07. The van der Waals surface area contributed by atoms with Gasteiger partial charge in [0.05, 0.1) is 7.11 Å². The zero-order valence-electron chi connectivity index (χ0n) is 9.78. The number of nitrogens with one attached hydrogen (secondary N) is 1. The Labute approximate surface area is 95.2 Å². The van der Waals surface area contributed by atoms with Gasteiger partial charge in [0.2, 0.25) is 0 Å². The van der Waals surface area contributed by atoms with Crippen LogP contribution >= 0.6 is 0 Å². The van der Waals surface area contributed by atoms with Crippen LogP contribution in [-0.2, 0) is 11.2 Å². The van der Waals surface area contributed by atoms with Crippen LogP contribution in [0.4, 0.5) is 0 Å². The van der Waals surface area contributed by atoms with E-state index in [1.807, 2.05) is 24.3 Å². The molecule has 0 fully saturated rings. The fourth-order valence-electron chi connectivity index (χ4n) is 1.50. The minimum atomic E-state index is -0.978. The van der Waals surface area contributed by atoms with Gasteiger partial charge in [0.15, 0.2) is 0 Å².